The van der Waals surface area contributed by atoms with Crippen molar-refractivity contribution in [2.75, 3.05) is 11.9 Å². The van der Waals surface area contributed by atoms with E-state index in [1.807, 2.05) is 7.05 Å². The number of nitrogens with one attached hydrogen (secondary N) is 1. The van der Waals surface area contributed by atoms with Crippen LogP contribution < -0.4 is 5.32 Å². The molecule has 0 aliphatic rings. The maximum absolute atomic E-state index is 3.77. The fourth-order valence-corrected chi connectivity index (χ4v) is 0.703. The molecule has 1 heterocycles. The second-order valence-corrected chi connectivity index (χ2v) is 2.17. The highest BCUT2D eigenvalue weighted by atomic mass is 15.4. The van der Waals surface area contributed by atoms with Crippen LogP contribution >= 0.6 is 0 Å². The highest BCUT2D eigenvalue weighted by Gasteiger charge is 1.94. The van der Waals surface area contributed by atoms with Crippen molar-refractivity contribution in [3.8, 4) is 0 Å². The normalized spacial score (nSPS) is 9.80. The minimum absolute atomic E-state index is 0.973. The summed E-state index contributed by atoms with van der Waals surface area (Å²) in [6, 6.07) is 0. The van der Waals surface area contributed by atoms with Gasteiger partial charge in [-0.05, 0) is 6.42 Å². The summed E-state index contributed by atoms with van der Waals surface area (Å²) in [6.07, 6.45) is 2.83. The van der Waals surface area contributed by atoms with E-state index in [2.05, 4.69) is 22.6 Å². The number of nitrogens with zero attached hydrogens (tertiary/aromatic N) is 3. The molecule has 4 heteroatoms. The van der Waals surface area contributed by atoms with E-state index in [9.17, 15) is 0 Å². The van der Waals surface area contributed by atoms with Gasteiger partial charge in [0.05, 0.1) is 6.20 Å². The first-order valence-electron chi connectivity index (χ1n) is 3.43. The lowest BCUT2D eigenvalue weighted by atomic mass is 10.5. The number of hydrogen-bond acceptors (Lipinski definition) is 3. The van der Waals surface area contributed by atoms with E-state index in [1.165, 1.54) is 0 Å². The smallest absolute Gasteiger partial charge is 0.144 e. The van der Waals surface area contributed by atoms with E-state index in [0.29, 0.717) is 0 Å². The Morgan fingerprint density at radius 2 is 2.50 bits per heavy atom. The van der Waals surface area contributed by atoms with Gasteiger partial charge in [-0.15, -0.1) is 5.10 Å². The Morgan fingerprint density at radius 3 is 3.00 bits per heavy atom. The molecular formula is C6H12N4. The molecule has 0 saturated carbocycles. The van der Waals surface area contributed by atoms with Crippen molar-refractivity contribution < 1.29 is 0 Å². The fraction of sp³-hybridized carbons (Fsp3) is 0.667. The Bertz CT molecular complexity index is 193. The molecule has 0 aliphatic carbocycles. The van der Waals surface area contributed by atoms with Crippen LogP contribution in [-0.2, 0) is 7.05 Å². The number of rotatable bonds is 3. The van der Waals surface area contributed by atoms with Crippen molar-refractivity contribution in [3.05, 3.63) is 6.20 Å². The van der Waals surface area contributed by atoms with Gasteiger partial charge in [-0.1, -0.05) is 12.1 Å². The molecule has 0 spiro atoms. The third-order valence-electron chi connectivity index (χ3n) is 1.27. The average molecular weight is 140 g/mol. The van der Waals surface area contributed by atoms with Gasteiger partial charge in [-0.2, -0.15) is 0 Å². The van der Waals surface area contributed by atoms with Crippen LogP contribution in [0.25, 0.3) is 0 Å². The number of anilines is 1. The van der Waals surface area contributed by atoms with Crippen molar-refractivity contribution in [1.29, 1.82) is 0 Å². The van der Waals surface area contributed by atoms with Crippen molar-refractivity contribution >= 4 is 5.82 Å². The second-order valence-electron chi connectivity index (χ2n) is 2.17. The van der Waals surface area contributed by atoms with Crippen LogP contribution in [0.15, 0.2) is 6.20 Å². The van der Waals surface area contributed by atoms with Crippen LogP contribution in [0.2, 0.25) is 0 Å². The van der Waals surface area contributed by atoms with E-state index >= 15 is 0 Å². The molecule has 0 aliphatic heterocycles. The van der Waals surface area contributed by atoms with Crippen LogP contribution in [0.5, 0.6) is 0 Å². The Hall–Kier alpha value is -1.06. The van der Waals surface area contributed by atoms with Crippen molar-refractivity contribution in [3.63, 3.8) is 0 Å². The number of hydrogen-bond donors (Lipinski definition) is 1. The molecule has 0 unspecified atom stereocenters. The summed E-state index contributed by atoms with van der Waals surface area (Å²) in [5.74, 6) is 0.974. The van der Waals surface area contributed by atoms with E-state index in [1.54, 1.807) is 10.9 Å². The molecule has 10 heavy (non-hydrogen) atoms. The Kier molecular flexibility index (Phi) is 2.25. The van der Waals surface area contributed by atoms with Crippen LogP contribution in [0.4, 0.5) is 5.82 Å². The number of aromatic nitrogens is 3. The monoisotopic (exact) mass is 140 g/mol. The van der Waals surface area contributed by atoms with Crippen molar-refractivity contribution in [2.45, 2.75) is 13.3 Å². The largest absolute Gasteiger partial charge is 0.369 e. The summed E-state index contributed by atoms with van der Waals surface area (Å²) in [7, 11) is 1.87. The summed E-state index contributed by atoms with van der Waals surface area (Å²) in [6.45, 7) is 3.10. The minimum atomic E-state index is 0.973. The van der Waals surface area contributed by atoms with Crippen LogP contribution in [0.1, 0.15) is 13.3 Å². The third kappa shape index (κ3) is 1.46. The molecule has 4 nitrogen and oxygen atoms in total. The summed E-state index contributed by atoms with van der Waals surface area (Å²) in [5.41, 5.74) is 0. The predicted octanol–water partition coefficient (Wildman–Crippen LogP) is 0.637. The van der Waals surface area contributed by atoms with Crippen LogP contribution in [-0.4, -0.2) is 21.5 Å². The summed E-state index contributed by atoms with van der Waals surface area (Å²) < 4.78 is 1.72. The van der Waals surface area contributed by atoms with E-state index in [0.717, 1.165) is 18.8 Å². The van der Waals surface area contributed by atoms with Crippen molar-refractivity contribution in [1.82, 2.24) is 15.0 Å². The molecule has 0 radical (unpaired) electrons. The van der Waals surface area contributed by atoms with E-state index < -0.39 is 0 Å². The van der Waals surface area contributed by atoms with Gasteiger partial charge in [0.1, 0.15) is 5.82 Å². The Labute approximate surface area is 60.2 Å². The maximum Gasteiger partial charge on any atom is 0.144 e. The highest BCUT2D eigenvalue weighted by molar-refractivity contribution is 5.29. The topological polar surface area (TPSA) is 42.7 Å². The van der Waals surface area contributed by atoms with Gasteiger partial charge in [0.15, 0.2) is 0 Å². The van der Waals surface area contributed by atoms with Gasteiger partial charge < -0.3 is 5.32 Å². The molecule has 56 valence electrons. The van der Waals surface area contributed by atoms with E-state index in [-0.39, 0.29) is 0 Å². The first-order chi connectivity index (χ1) is 4.84. The fourth-order valence-electron chi connectivity index (χ4n) is 0.703. The lowest BCUT2D eigenvalue weighted by molar-refractivity contribution is 0.716. The molecule has 0 aromatic carbocycles. The molecule has 0 saturated heterocycles. The summed E-state index contributed by atoms with van der Waals surface area (Å²) >= 11 is 0. The SMILES string of the molecule is CCCNc1cnnn1C. The van der Waals surface area contributed by atoms with Crippen molar-refractivity contribution in [2.24, 2.45) is 7.05 Å². The van der Waals surface area contributed by atoms with E-state index in [4.69, 9.17) is 0 Å². The lowest BCUT2D eigenvalue weighted by Crippen LogP contribution is -2.04. The van der Waals surface area contributed by atoms with Gasteiger partial charge >= 0.3 is 0 Å². The Morgan fingerprint density at radius 1 is 1.70 bits per heavy atom. The van der Waals surface area contributed by atoms with Gasteiger partial charge in [0.25, 0.3) is 0 Å². The minimum Gasteiger partial charge on any atom is -0.369 e. The molecular weight excluding hydrogens is 128 g/mol. The molecule has 1 rings (SSSR count). The average Bonchev–Trinajstić information content (AvgIpc) is 2.31. The van der Waals surface area contributed by atoms with Crippen LogP contribution in [0, 0.1) is 0 Å². The van der Waals surface area contributed by atoms with Gasteiger partial charge in [0, 0.05) is 13.6 Å². The zero-order valence-corrected chi connectivity index (χ0v) is 6.33. The Balaban J connectivity index is 2.49. The first-order valence-corrected chi connectivity index (χ1v) is 3.43. The van der Waals surface area contributed by atoms with Gasteiger partial charge in [-0.25, -0.2) is 4.68 Å². The molecule has 0 fully saturated rings. The third-order valence-corrected chi connectivity index (χ3v) is 1.27. The first kappa shape index (κ1) is 7.05. The summed E-state index contributed by atoms with van der Waals surface area (Å²) in [4.78, 5) is 0. The predicted molar refractivity (Wildman–Crippen MR) is 39.8 cm³/mol. The molecule has 0 amide bonds. The lowest BCUT2D eigenvalue weighted by Gasteiger charge is -2.01. The van der Waals surface area contributed by atoms with Gasteiger partial charge in [-0.3, -0.25) is 0 Å². The number of aryl methyl sites for hydroxylation is 1. The quantitative estimate of drug-likeness (QED) is 0.669. The molecule has 1 N–H and O–H groups in total. The molecule has 1 aromatic rings. The molecule has 1 aromatic heterocycles. The zero-order chi connectivity index (χ0) is 7.40. The molecule has 0 atom stereocenters. The zero-order valence-electron chi connectivity index (χ0n) is 6.33. The molecule has 0 bridgehead atoms. The maximum atomic E-state index is 3.77. The second kappa shape index (κ2) is 3.20. The standard InChI is InChI=1S/C6H12N4/c1-3-4-7-6-5-8-9-10(6)2/h5,7H,3-4H2,1-2H3. The summed E-state index contributed by atoms with van der Waals surface area (Å²) in [5, 5.41) is 10.7. The van der Waals surface area contributed by atoms with Gasteiger partial charge in [0.2, 0.25) is 0 Å². The highest BCUT2D eigenvalue weighted by Crippen LogP contribution is 1.99. The van der Waals surface area contributed by atoms with Crippen LogP contribution in [0.3, 0.4) is 0 Å².